The Labute approximate surface area is 214 Å². The average Bonchev–Trinajstić information content (AvgIpc) is 2.80. The minimum absolute atomic E-state index is 0. The molecular weight excluding hydrogens is 535 g/mol. The quantitative estimate of drug-likeness (QED) is 0.150. The van der Waals surface area contributed by atoms with Crippen LogP contribution in [-0.4, -0.2) is 73.6 Å². The Balaban J connectivity index is 0.00000363. The Kier molecular flexibility index (Phi) is 12.9. The molecule has 1 aliphatic rings. The van der Waals surface area contributed by atoms with Gasteiger partial charge < -0.3 is 15.5 Å². The number of rotatable bonds is 10. The highest BCUT2D eigenvalue weighted by Crippen LogP contribution is 2.09. The Morgan fingerprint density at radius 2 is 1.66 bits per heavy atom. The average molecular weight is 571 g/mol. The third kappa shape index (κ3) is 10.0. The highest BCUT2D eigenvalue weighted by molar-refractivity contribution is 14.0. The predicted octanol–water partition coefficient (Wildman–Crippen LogP) is 3.66. The van der Waals surface area contributed by atoms with E-state index in [1.807, 2.05) is 25.4 Å². The van der Waals surface area contributed by atoms with Crippen LogP contribution in [0.3, 0.4) is 0 Å². The van der Waals surface area contributed by atoms with Crippen molar-refractivity contribution in [3.63, 3.8) is 0 Å². The van der Waals surface area contributed by atoms with E-state index in [2.05, 4.69) is 60.7 Å². The van der Waals surface area contributed by atoms with Crippen LogP contribution < -0.4 is 10.6 Å². The van der Waals surface area contributed by atoms with Gasteiger partial charge in [-0.3, -0.25) is 9.89 Å². The molecule has 0 aliphatic carbocycles. The van der Waals surface area contributed by atoms with Crippen LogP contribution in [0.15, 0.2) is 53.7 Å². The molecule has 3 rings (SSSR count). The lowest BCUT2D eigenvalue weighted by Gasteiger charge is -2.34. The maximum absolute atomic E-state index is 5.83. The molecular formula is C24H36ClIN6. The molecule has 1 aromatic carbocycles. The Morgan fingerprint density at radius 3 is 2.34 bits per heavy atom. The fourth-order valence-corrected chi connectivity index (χ4v) is 3.89. The molecule has 0 spiro atoms. The second-order valence-corrected chi connectivity index (χ2v) is 8.36. The van der Waals surface area contributed by atoms with Crippen LogP contribution >= 0.6 is 35.6 Å². The van der Waals surface area contributed by atoms with Crippen molar-refractivity contribution < 1.29 is 0 Å². The van der Waals surface area contributed by atoms with E-state index in [0.29, 0.717) is 5.15 Å². The molecule has 8 heteroatoms. The highest BCUT2D eigenvalue weighted by atomic mass is 127. The summed E-state index contributed by atoms with van der Waals surface area (Å²) in [5.41, 5.74) is 2.57. The first kappa shape index (κ1) is 26.8. The van der Waals surface area contributed by atoms with E-state index in [-0.39, 0.29) is 24.0 Å². The second kappa shape index (κ2) is 15.4. The van der Waals surface area contributed by atoms with Crippen molar-refractivity contribution in [3.8, 4) is 0 Å². The lowest BCUT2D eigenvalue weighted by Crippen LogP contribution is -2.46. The first-order valence-electron chi connectivity index (χ1n) is 11.3. The van der Waals surface area contributed by atoms with Gasteiger partial charge in [0, 0.05) is 59.1 Å². The normalized spacial score (nSPS) is 15.2. The van der Waals surface area contributed by atoms with E-state index in [1.165, 1.54) is 31.6 Å². The minimum Gasteiger partial charge on any atom is -0.356 e. The van der Waals surface area contributed by atoms with E-state index in [4.69, 9.17) is 11.6 Å². The minimum atomic E-state index is 0. The van der Waals surface area contributed by atoms with Crippen molar-refractivity contribution in [1.82, 2.24) is 25.4 Å². The SMILES string of the molecule is CN=C(NCCCCN1CCN(Cc2ccccc2)CC1)NCCc1ccc(Cl)nc1.I. The first-order chi connectivity index (χ1) is 15.2. The molecule has 0 saturated carbocycles. The Hall–Kier alpha value is -1.42. The summed E-state index contributed by atoms with van der Waals surface area (Å²) in [5, 5.41) is 7.30. The summed E-state index contributed by atoms with van der Waals surface area (Å²) in [4.78, 5) is 13.6. The third-order valence-corrected chi connectivity index (χ3v) is 5.85. The predicted molar refractivity (Wildman–Crippen MR) is 145 cm³/mol. The summed E-state index contributed by atoms with van der Waals surface area (Å²) in [6.07, 6.45) is 5.06. The third-order valence-electron chi connectivity index (χ3n) is 5.63. The molecule has 1 aliphatic heterocycles. The number of guanidine groups is 1. The van der Waals surface area contributed by atoms with Gasteiger partial charge in [-0.05, 0) is 43.0 Å². The maximum Gasteiger partial charge on any atom is 0.190 e. The summed E-state index contributed by atoms with van der Waals surface area (Å²) in [5.74, 6) is 0.858. The summed E-state index contributed by atoms with van der Waals surface area (Å²) in [6, 6.07) is 14.6. The lowest BCUT2D eigenvalue weighted by molar-refractivity contribution is 0.126. The number of benzene rings is 1. The van der Waals surface area contributed by atoms with Crippen molar-refractivity contribution in [2.45, 2.75) is 25.8 Å². The number of halogens is 2. The van der Waals surface area contributed by atoms with Gasteiger partial charge in [-0.2, -0.15) is 0 Å². The molecule has 2 heterocycles. The van der Waals surface area contributed by atoms with E-state index >= 15 is 0 Å². The van der Waals surface area contributed by atoms with E-state index < -0.39 is 0 Å². The zero-order valence-electron chi connectivity index (χ0n) is 19.0. The number of hydrogen-bond acceptors (Lipinski definition) is 4. The van der Waals surface area contributed by atoms with E-state index in [0.717, 1.165) is 57.1 Å². The van der Waals surface area contributed by atoms with Crippen molar-refractivity contribution in [2.24, 2.45) is 4.99 Å². The van der Waals surface area contributed by atoms with Crippen LogP contribution in [-0.2, 0) is 13.0 Å². The van der Waals surface area contributed by atoms with Crippen LogP contribution in [0.25, 0.3) is 0 Å². The molecule has 0 amide bonds. The highest BCUT2D eigenvalue weighted by Gasteiger charge is 2.16. The standard InChI is InChI=1S/C24H35ClN6.HI/c1-26-24(28-13-11-21-9-10-23(25)29-19-21)27-12-5-6-14-30-15-17-31(18-16-30)20-22-7-3-2-4-8-22;/h2-4,7-10,19H,5-6,11-18,20H2,1H3,(H2,26,27,28);1H. The topological polar surface area (TPSA) is 55.8 Å². The van der Waals surface area contributed by atoms with Crippen molar-refractivity contribution in [3.05, 3.63) is 64.9 Å². The van der Waals surface area contributed by atoms with E-state index in [1.54, 1.807) is 0 Å². The summed E-state index contributed by atoms with van der Waals surface area (Å²) in [6.45, 7) is 8.66. The van der Waals surface area contributed by atoms with Crippen LogP contribution in [0, 0.1) is 0 Å². The van der Waals surface area contributed by atoms with Gasteiger partial charge >= 0.3 is 0 Å². The molecule has 2 N–H and O–H groups in total. The van der Waals surface area contributed by atoms with E-state index in [9.17, 15) is 0 Å². The number of hydrogen-bond donors (Lipinski definition) is 2. The van der Waals surface area contributed by atoms with Gasteiger partial charge in [0.05, 0.1) is 0 Å². The molecule has 0 atom stereocenters. The number of aliphatic imine (C=N–C) groups is 1. The number of piperazine rings is 1. The number of aromatic nitrogens is 1. The zero-order valence-corrected chi connectivity index (χ0v) is 22.1. The zero-order chi connectivity index (χ0) is 21.7. The van der Waals surface area contributed by atoms with Gasteiger partial charge in [-0.15, -0.1) is 24.0 Å². The smallest absolute Gasteiger partial charge is 0.190 e. The van der Waals surface area contributed by atoms with Crippen LogP contribution in [0.2, 0.25) is 5.15 Å². The fourth-order valence-electron chi connectivity index (χ4n) is 3.78. The molecule has 6 nitrogen and oxygen atoms in total. The van der Waals surface area contributed by atoms with Gasteiger partial charge in [0.15, 0.2) is 5.96 Å². The first-order valence-corrected chi connectivity index (χ1v) is 11.6. The molecule has 1 saturated heterocycles. The number of pyridine rings is 1. The molecule has 1 fully saturated rings. The monoisotopic (exact) mass is 570 g/mol. The van der Waals surface area contributed by atoms with Gasteiger partial charge in [0.2, 0.25) is 0 Å². The maximum atomic E-state index is 5.83. The van der Waals surface area contributed by atoms with Gasteiger partial charge in [0.25, 0.3) is 0 Å². The van der Waals surface area contributed by atoms with Crippen LogP contribution in [0.5, 0.6) is 0 Å². The van der Waals surface area contributed by atoms with Gasteiger partial charge in [-0.1, -0.05) is 48.0 Å². The number of nitrogens with one attached hydrogen (secondary N) is 2. The molecule has 0 radical (unpaired) electrons. The number of unbranched alkanes of at least 4 members (excludes halogenated alkanes) is 1. The fraction of sp³-hybridized carbons (Fsp3) is 0.500. The molecule has 0 unspecified atom stereocenters. The van der Waals surface area contributed by atoms with Gasteiger partial charge in [0.1, 0.15) is 5.15 Å². The molecule has 0 bridgehead atoms. The van der Waals surface area contributed by atoms with Crippen molar-refractivity contribution >= 4 is 41.5 Å². The molecule has 32 heavy (non-hydrogen) atoms. The molecule has 1 aromatic heterocycles. The molecule has 176 valence electrons. The van der Waals surface area contributed by atoms with Gasteiger partial charge in [-0.25, -0.2) is 4.98 Å². The summed E-state index contributed by atoms with van der Waals surface area (Å²) >= 11 is 5.83. The van der Waals surface area contributed by atoms with Crippen LogP contribution in [0.1, 0.15) is 24.0 Å². The Morgan fingerprint density at radius 1 is 0.938 bits per heavy atom. The second-order valence-electron chi connectivity index (χ2n) is 7.98. The summed E-state index contributed by atoms with van der Waals surface area (Å²) < 4.78 is 0. The van der Waals surface area contributed by atoms with Crippen molar-refractivity contribution in [1.29, 1.82) is 0 Å². The largest absolute Gasteiger partial charge is 0.356 e. The Bertz CT molecular complexity index is 779. The van der Waals surface area contributed by atoms with Crippen molar-refractivity contribution in [2.75, 3.05) is 52.9 Å². The van der Waals surface area contributed by atoms with Crippen LogP contribution in [0.4, 0.5) is 0 Å². The number of nitrogens with zero attached hydrogens (tertiary/aromatic N) is 4. The summed E-state index contributed by atoms with van der Waals surface area (Å²) in [7, 11) is 1.81. The lowest BCUT2D eigenvalue weighted by atomic mass is 10.2. The molecule has 2 aromatic rings.